The van der Waals surface area contributed by atoms with E-state index in [1.54, 1.807) is 6.92 Å². The van der Waals surface area contributed by atoms with Gasteiger partial charge in [0.25, 0.3) is 5.91 Å². The SMILES string of the molecule is CCCN1CCC(NC(=O)[C@@H](C)Oc2ccc(F)cc2Br)CC1. The first kappa shape index (κ1) is 18.2. The molecule has 0 spiro atoms. The molecule has 0 radical (unpaired) electrons. The fourth-order valence-corrected chi connectivity index (χ4v) is 3.19. The van der Waals surface area contributed by atoms with Gasteiger partial charge in [0.2, 0.25) is 0 Å². The number of piperidine rings is 1. The van der Waals surface area contributed by atoms with Crippen molar-refractivity contribution in [1.82, 2.24) is 10.2 Å². The van der Waals surface area contributed by atoms with Gasteiger partial charge in [-0.25, -0.2) is 4.39 Å². The monoisotopic (exact) mass is 386 g/mol. The zero-order valence-corrected chi connectivity index (χ0v) is 15.2. The second kappa shape index (κ2) is 8.64. The smallest absolute Gasteiger partial charge is 0.260 e. The van der Waals surface area contributed by atoms with Crippen LogP contribution in [0.5, 0.6) is 5.75 Å². The summed E-state index contributed by atoms with van der Waals surface area (Å²) in [5.74, 6) is -0.0119. The Labute approximate surface area is 145 Å². The highest BCUT2D eigenvalue weighted by atomic mass is 79.9. The number of rotatable bonds is 6. The molecule has 1 atom stereocenters. The third kappa shape index (κ3) is 5.46. The Balaban J connectivity index is 1.81. The van der Waals surface area contributed by atoms with Crippen LogP contribution in [0.3, 0.4) is 0 Å². The molecule has 1 fully saturated rings. The first-order valence-corrected chi connectivity index (χ1v) is 8.93. The van der Waals surface area contributed by atoms with Crippen molar-refractivity contribution in [3.63, 3.8) is 0 Å². The van der Waals surface area contributed by atoms with E-state index in [9.17, 15) is 9.18 Å². The average Bonchev–Trinajstić information content (AvgIpc) is 2.52. The van der Waals surface area contributed by atoms with Crippen LogP contribution >= 0.6 is 15.9 Å². The molecular formula is C17H24BrFN2O2. The fraction of sp³-hybridized carbons (Fsp3) is 0.588. The predicted octanol–water partition coefficient (Wildman–Crippen LogP) is 3.35. The molecule has 0 unspecified atom stereocenters. The quantitative estimate of drug-likeness (QED) is 0.814. The number of ether oxygens (including phenoxy) is 1. The molecule has 1 heterocycles. The van der Waals surface area contributed by atoms with E-state index in [4.69, 9.17) is 4.74 Å². The normalized spacial score (nSPS) is 17.7. The Hall–Kier alpha value is -1.14. The Bertz CT molecular complexity index is 533. The zero-order valence-electron chi connectivity index (χ0n) is 13.6. The lowest BCUT2D eigenvalue weighted by molar-refractivity contribution is -0.128. The van der Waals surface area contributed by atoms with Gasteiger partial charge < -0.3 is 15.0 Å². The van der Waals surface area contributed by atoms with E-state index in [1.165, 1.54) is 18.2 Å². The number of likely N-dealkylation sites (tertiary alicyclic amines) is 1. The van der Waals surface area contributed by atoms with Crippen LogP contribution < -0.4 is 10.1 Å². The van der Waals surface area contributed by atoms with Crippen molar-refractivity contribution >= 4 is 21.8 Å². The van der Waals surface area contributed by atoms with Crippen LogP contribution in [-0.2, 0) is 4.79 Å². The highest BCUT2D eigenvalue weighted by molar-refractivity contribution is 9.10. The highest BCUT2D eigenvalue weighted by Crippen LogP contribution is 2.26. The topological polar surface area (TPSA) is 41.6 Å². The molecule has 0 saturated carbocycles. The third-order valence-corrected chi connectivity index (χ3v) is 4.66. The van der Waals surface area contributed by atoms with Gasteiger partial charge in [0.15, 0.2) is 6.10 Å². The third-order valence-electron chi connectivity index (χ3n) is 4.04. The van der Waals surface area contributed by atoms with Crippen molar-refractivity contribution in [1.29, 1.82) is 0 Å². The van der Waals surface area contributed by atoms with Crippen molar-refractivity contribution in [3.8, 4) is 5.75 Å². The Kier molecular flexibility index (Phi) is 6.84. The molecule has 2 rings (SSSR count). The summed E-state index contributed by atoms with van der Waals surface area (Å²) in [6.45, 7) is 7.06. The van der Waals surface area contributed by atoms with E-state index >= 15 is 0 Å². The van der Waals surface area contributed by atoms with Crippen LogP contribution in [0, 0.1) is 5.82 Å². The summed E-state index contributed by atoms with van der Waals surface area (Å²) >= 11 is 3.24. The molecule has 23 heavy (non-hydrogen) atoms. The molecule has 4 nitrogen and oxygen atoms in total. The van der Waals surface area contributed by atoms with Crippen molar-refractivity contribution in [2.75, 3.05) is 19.6 Å². The van der Waals surface area contributed by atoms with Crippen LogP contribution in [0.2, 0.25) is 0 Å². The summed E-state index contributed by atoms with van der Waals surface area (Å²) in [7, 11) is 0. The van der Waals surface area contributed by atoms with Crippen LogP contribution in [-0.4, -0.2) is 42.6 Å². The minimum absolute atomic E-state index is 0.129. The van der Waals surface area contributed by atoms with Gasteiger partial charge in [0.05, 0.1) is 4.47 Å². The largest absolute Gasteiger partial charge is 0.480 e. The lowest BCUT2D eigenvalue weighted by atomic mass is 10.0. The van der Waals surface area contributed by atoms with Crippen LogP contribution in [0.4, 0.5) is 4.39 Å². The number of hydrogen-bond acceptors (Lipinski definition) is 3. The molecule has 1 aromatic rings. The van der Waals surface area contributed by atoms with Gasteiger partial charge in [0.1, 0.15) is 11.6 Å². The van der Waals surface area contributed by atoms with E-state index < -0.39 is 6.10 Å². The second-order valence-corrected chi connectivity index (χ2v) is 6.81. The van der Waals surface area contributed by atoms with Crippen LogP contribution in [0.15, 0.2) is 22.7 Å². The van der Waals surface area contributed by atoms with E-state index in [-0.39, 0.29) is 17.8 Å². The Morgan fingerprint density at radius 2 is 2.17 bits per heavy atom. The first-order chi connectivity index (χ1) is 11.0. The van der Waals surface area contributed by atoms with Crippen LogP contribution in [0.1, 0.15) is 33.1 Å². The molecule has 1 aromatic carbocycles. The summed E-state index contributed by atoms with van der Waals surface area (Å²) in [5.41, 5.74) is 0. The Morgan fingerprint density at radius 1 is 1.48 bits per heavy atom. The lowest BCUT2D eigenvalue weighted by Gasteiger charge is -2.32. The summed E-state index contributed by atoms with van der Waals surface area (Å²) in [5, 5.41) is 3.05. The van der Waals surface area contributed by atoms with Crippen molar-refractivity contribution in [3.05, 3.63) is 28.5 Å². The van der Waals surface area contributed by atoms with Gasteiger partial charge in [-0.2, -0.15) is 0 Å². The van der Waals surface area contributed by atoms with E-state index in [2.05, 4.69) is 33.1 Å². The number of nitrogens with zero attached hydrogens (tertiary/aromatic N) is 1. The maximum Gasteiger partial charge on any atom is 0.260 e. The number of hydrogen-bond donors (Lipinski definition) is 1. The van der Waals surface area contributed by atoms with Crippen molar-refractivity contribution in [2.24, 2.45) is 0 Å². The molecule has 0 aliphatic carbocycles. The zero-order chi connectivity index (χ0) is 16.8. The second-order valence-electron chi connectivity index (χ2n) is 5.96. The van der Waals surface area contributed by atoms with Gasteiger partial charge in [-0.15, -0.1) is 0 Å². The summed E-state index contributed by atoms with van der Waals surface area (Å²) in [4.78, 5) is 14.7. The molecule has 0 aromatic heterocycles. The highest BCUT2D eigenvalue weighted by Gasteiger charge is 2.23. The van der Waals surface area contributed by atoms with Gasteiger partial charge in [-0.05, 0) is 66.9 Å². The lowest BCUT2D eigenvalue weighted by Crippen LogP contribution is -2.48. The Morgan fingerprint density at radius 3 is 2.78 bits per heavy atom. The van der Waals surface area contributed by atoms with E-state index in [1.807, 2.05) is 0 Å². The van der Waals surface area contributed by atoms with Gasteiger partial charge >= 0.3 is 0 Å². The average molecular weight is 387 g/mol. The molecular weight excluding hydrogens is 363 g/mol. The number of amides is 1. The predicted molar refractivity (Wildman–Crippen MR) is 92.1 cm³/mol. The number of halogens is 2. The summed E-state index contributed by atoms with van der Waals surface area (Å²) in [6.07, 6.45) is 2.48. The van der Waals surface area contributed by atoms with Gasteiger partial charge in [-0.1, -0.05) is 6.92 Å². The number of carbonyl (C=O) groups is 1. The number of nitrogens with one attached hydrogen (secondary N) is 1. The summed E-state index contributed by atoms with van der Waals surface area (Å²) < 4.78 is 19.2. The molecule has 0 bridgehead atoms. The minimum atomic E-state index is -0.620. The maximum atomic E-state index is 13.1. The van der Waals surface area contributed by atoms with E-state index in [0.29, 0.717) is 10.2 Å². The molecule has 1 aliphatic heterocycles. The van der Waals surface area contributed by atoms with Gasteiger partial charge in [-0.3, -0.25) is 4.79 Å². The maximum absolute atomic E-state index is 13.1. The van der Waals surface area contributed by atoms with E-state index in [0.717, 1.165) is 38.9 Å². The standard InChI is InChI=1S/C17H24BrFN2O2/c1-3-8-21-9-6-14(7-10-21)20-17(22)12(2)23-16-5-4-13(19)11-15(16)18/h4-5,11-12,14H,3,6-10H2,1-2H3,(H,20,22)/t12-/m1/s1. The molecule has 1 N–H and O–H groups in total. The van der Waals surface area contributed by atoms with Crippen LogP contribution in [0.25, 0.3) is 0 Å². The fourth-order valence-electron chi connectivity index (χ4n) is 2.75. The van der Waals surface area contributed by atoms with Gasteiger partial charge in [0, 0.05) is 19.1 Å². The minimum Gasteiger partial charge on any atom is -0.480 e. The van der Waals surface area contributed by atoms with Crippen molar-refractivity contribution < 1.29 is 13.9 Å². The molecule has 6 heteroatoms. The van der Waals surface area contributed by atoms with Crippen molar-refractivity contribution in [2.45, 2.75) is 45.3 Å². The first-order valence-electron chi connectivity index (χ1n) is 8.14. The molecule has 1 saturated heterocycles. The number of carbonyl (C=O) groups excluding carboxylic acids is 1. The summed E-state index contributed by atoms with van der Waals surface area (Å²) in [6, 6.07) is 4.36. The molecule has 1 aliphatic rings. The molecule has 1 amide bonds. The number of benzene rings is 1. The molecule has 128 valence electrons.